The van der Waals surface area contributed by atoms with Gasteiger partial charge in [-0.2, -0.15) is 0 Å². The lowest BCUT2D eigenvalue weighted by Crippen LogP contribution is -2.13. The van der Waals surface area contributed by atoms with Gasteiger partial charge in [-0.05, 0) is 39.1 Å². The molecule has 4 aromatic rings. The molecule has 0 amide bonds. The van der Waals surface area contributed by atoms with Gasteiger partial charge in [-0.1, -0.05) is 91.5 Å². The third-order valence-electron chi connectivity index (χ3n) is 5.54. The molecular formula is C27H20O2. The van der Waals surface area contributed by atoms with E-state index in [4.69, 9.17) is 4.74 Å². The molecule has 1 aliphatic carbocycles. The first-order valence-corrected chi connectivity index (χ1v) is 9.76. The number of hydrogen-bond acceptors (Lipinski definition) is 2. The number of hydrogen-bond donors (Lipinski definition) is 0. The summed E-state index contributed by atoms with van der Waals surface area (Å²) in [6.07, 6.45) is 1.74. The van der Waals surface area contributed by atoms with Crippen molar-refractivity contribution in [2.45, 2.75) is 12.5 Å². The zero-order valence-electron chi connectivity index (χ0n) is 16.0. The van der Waals surface area contributed by atoms with Crippen molar-refractivity contribution in [1.82, 2.24) is 0 Å². The lowest BCUT2D eigenvalue weighted by Gasteiger charge is -2.15. The van der Waals surface area contributed by atoms with E-state index in [2.05, 4.69) is 36.9 Å². The summed E-state index contributed by atoms with van der Waals surface area (Å²) in [5, 5.41) is 2.25. The van der Waals surface area contributed by atoms with Crippen LogP contribution in [0.3, 0.4) is 0 Å². The van der Waals surface area contributed by atoms with E-state index < -0.39 is 0 Å². The monoisotopic (exact) mass is 376 g/mol. The molecule has 29 heavy (non-hydrogen) atoms. The standard InChI is InChI=1S/C27H20O2/c1-2-18-11-13-21-16-19(12-14-20(21)15-18)17-26(28)29-27-24-9-5-3-7-22(24)23-8-4-6-10-25(23)27/h2-16,27H,1,17H2. The van der Waals surface area contributed by atoms with E-state index >= 15 is 0 Å². The van der Waals surface area contributed by atoms with Crippen LogP contribution in [0.2, 0.25) is 0 Å². The lowest BCUT2D eigenvalue weighted by atomic mass is 10.0. The number of carbonyl (C=O) groups excluding carboxylic acids is 1. The number of benzene rings is 4. The third-order valence-corrected chi connectivity index (χ3v) is 5.54. The number of rotatable bonds is 4. The van der Waals surface area contributed by atoms with Gasteiger partial charge in [-0.15, -0.1) is 0 Å². The molecule has 4 aromatic carbocycles. The molecule has 0 atom stereocenters. The first kappa shape index (κ1) is 17.4. The normalized spacial score (nSPS) is 12.4. The number of esters is 1. The van der Waals surface area contributed by atoms with Crippen LogP contribution in [0, 0.1) is 0 Å². The molecule has 0 saturated heterocycles. The van der Waals surface area contributed by atoms with Crippen LogP contribution in [0.25, 0.3) is 28.0 Å². The second-order valence-corrected chi connectivity index (χ2v) is 7.37. The van der Waals surface area contributed by atoms with Gasteiger partial charge in [-0.25, -0.2) is 0 Å². The van der Waals surface area contributed by atoms with Gasteiger partial charge in [0.2, 0.25) is 0 Å². The Hall–Kier alpha value is -3.65. The zero-order valence-corrected chi connectivity index (χ0v) is 16.0. The van der Waals surface area contributed by atoms with Crippen molar-refractivity contribution in [2.24, 2.45) is 0 Å². The fraction of sp³-hybridized carbons (Fsp3) is 0.0741. The second kappa shape index (κ2) is 7.06. The van der Waals surface area contributed by atoms with E-state index in [9.17, 15) is 4.79 Å². The van der Waals surface area contributed by atoms with Crippen molar-refractivity contribution in [2.75, 3.05) is 0 Å². The lowest BCUT2D eigenvalue weighted by molar-refractivity contribution is -0.146. The van der Waals surface area contributed by atoms with Gasteiger partial charge in [0.05, 0.1) is 6.42 Å². The largest absolute Gasteiger partial charge is 0.452 e. The van der Waals surface area contributed by atoms with Crippen LogP contribution in [0.5, 0.6) is 0 Å². The van der Waals surface area contributed by atoms with Crippen LogP contribution < -0.4 is 0 Å². The summed E-state index contributed by atoms with van der Waals surface area (Å²) in [4.78, 5) is 12.8. The number of fused-ring (bicyclic) bond motifs is 4. The van der Waals surface area contributed by atoms with Crippen molar-refractivity contribution >= 4 is 22.8 Å². The van der Waals surface area contributed by atoms with Gasteiger partial charge in [0.25, 0.3) is 0 Å². The second-order valence-electron chi connectivity index (χ2n) is 7.37. The van der Waals surface area contributed by atoms with Gasteiger partial charge in [0.15, 0.2) is 6.10 Å². The highest BCUT2D eigenvalue weighted by Gasteiger charge is 2.30. The van der Waals surface area contributed by atoms with Crippen LogP contribution in [0.4, 0.5) is 0 Å². The smallest absolute Gasteiger partial charge is 0.311 e. The molecule has 140 valence electrons. The van der Waals surface area contributed by atoms with Crippen molar-refractivity contribution < 1.29 is 9.53 Å². The van der Waals surface area contributed by atoms with Crippen molar-refractivity contribution in [3.8, 4) is 11.1 Å². The molecule has 0 saturated carbocycles. The maximum absolute atomic E-state index is 12.8. The highest BCUT2D eigenvalue weighted by molar-refractivity contribution is 5.87. The molecule has 0 radical (unpaired) electrons. The Bertz CT molecular complexity index is 1210. The van der Waals surface area contributed by atoms with Gasteiger partial charge < -0.3 is 4.74 Å². The van der Waals surface area contributed by atoms with Crippen LogP contribution in [-0.4, -0.2) is 5.97 Å². The Morgan fingerprint density at radius 2 is 1.45 bits per heavy atom. The molecule has 0 bridgehead atoms. The first-order valence-electron chi connectivity index (χ1n) is 9.76. The molecule has 5 rings (SSSR count). The predicted molar refractivity (Wildman–Crippen MR) is 118 cm³/mol. The minimum atomic E-state index is -0.342. The molecule has 0 fully saturated rings. The van der Waals surface area contributed by atoms with Gasteiger partial charge in [0.1, 0.15) is 0 Å². The van der Waals surface area contributed by atoms with E-state index in [0.29, 0.717) is 0 Å². The molecule has 0 unspecified atom stereocenters. The summed E-state index contributed by atoms with van der Waals surface area (Å²) in [5.74, 6) is -0.219. The molecule has 2 heteroatoms. The highest BCUT2D eigenvalue weighted by Crippen LogP contribution is 2.45. The molecule has 0 spiro atoms. The average molecular weight is 376 g/mol. The Morgan fingerprint density at radius 1 is 0.828 bits per heavy atom. The zero-order chi connectivity index (χ0) is 19.8. The minimum Gasteiger partial charge on any atom is -0.452 e. The Kier molecular flexibility index (Phi) is 4.25. The summed E-state index contributed by atoms with van der Waals surface area (Å²) in [7, 11) is 0. The Labute approximate surface area is 170 Å². The van der Waals surface area contributed by atoms with Gasteiger partial charge in [-0.3, -0.25) is 4.79 Å². The third kappa shape index (κ3) is 3.13. The maximum Gasteiger partial charge on any atom is 0.311 e. The maximum atomic E-state index is 12.8. The fourth-order valence-corrected chi connectivity index (χ4v) is 4.13. The summed E-state index contributed by atoms with van der Waals surface area (Å²) >= 11 is 0. The fourth-order valence-electron chi connectivity index (χ4n) is 4.13. The molecule has 0 heterocycles. The first-order chi connectivity index (χ1) is 14.2. The quantitative estimate of drug-likeness (QED) is 0.389. The van der Waals surface area contributed by atoms with Crippen molar-refractivity contribution in [1.29, 1.82) is 0 Å². The minimum absolute atomic E-state index is 0.219. The molecule has 1 aliphatic rings. The van der Waals surface area contributed by atoms with E-state index in [1.54, 1.807) is 0 Å². The summed E-state index contributed by atoms with van der Waals surface area (Å²) in [6, 6.07) is 28.6. The average Bonchev–Trinajstić information content (AvgIpc) is 3.07. The molecule has 0 aromatic heterocycles. The van der Waals surface area contributed by atoms with Crippen LogP contribution >= 0.6 is 0 Å². The van der Waals surface area contributed by atoms with Crippen LogP contribution in [0.15, 0.2) is 91.5 Å². The number of carbonyl (C=O) groups is 1. The summed E-state index contributed by atoms with van der Waals surface area (Å²) in [5.41, 5.74) is 6.43. The highest BCUT2D eigenvalue weighted by atomic mass is 16.5. The molecule has 2 nitrogen and oxygen atoms in total. The van der Waals surface area contributed by atoms with Crippen LogP contribution in [0.1, 0.15) is 28.4 Å². The van der Waals surface area contributed by atoms with Crippen molar-refractivity contribution in [3.63, 3.8) is 0 Å². The van der Waals surface area contributed by atoms with Gasteiger partial charge >= 0.3 is 5.97 Å². The van der Waals surface area contributed by atoms with Crippen LogP contribution in [-0.2, 0) is 16.0 Å². The van der Waals surface area contributed by atoms with E-state index in [1.807, 2.05) is 60.7 Å². The SMILES string of the molecule is C=Cc1ccc2cc(CC(=O)OC3c4ccccc4-c4ccccc43)ccc2c1. The van der Waals surface area contributed by atoms with E-state index in [1.165, 1.54) is 0 Å². The number of ether oxygens (including phenoxy) is 1. The summed E-state index contributed by atoms with van der Waals surface area (Å²) in [6.45, 7) is 3.81. The Balaban J connectivity index is 1.40. The summed E-state index contributed by atoms with van der Waals surface area (Å²) < 4.78 is 5.96. The molecule has 0 aliphatic heterocycles. The van der Waals surface area contributed by atoms with Gasteiger partial charge in [0, 0.05) is 11.1 Å². The molecule has 0 N–H and O–H groups in total. The topological polar surface area (TPSA) is 26.3 Å². The van der Waals surface area contributed by atoms with E-state index in [-0.39, 0.29) is 18.5 Å². The van der Waals surface area contributed by atoms with Crippen molar-refractivity contribution in [3.05, 3.63) is 114 Å². The Morgan fingerprint density at radius 3 is 2.14 bits per heavy atom. The predicted octanol–water partition coefficient (Wildman–Crippen LogP) is 6.34. The van der Waals surface area contributed by atoms with E-state index in [0.717, 1.165) is 44.2 Å². The molecular weight excluding hydrogens is 356 g/mol.